The third kappa shape index (κ3) is 3.66. The van der Waals surface area contributed by atoms with Crippen LogP contribution in [0, 0.1) is 6.92 Å². The largest absolute Gasteiger partial charge is 0.388 e. The van der Waals surface area contributed by atoms with Gasteiger partial charge in [-0.3, -0.25) is 4.79 Å². The van der Waals surface area contributed by atoms with E-state index in [0.717, 1.165) is 17.5 Å². The number of H-pyrrole nitrogens is 1. The van der Waals surface area contributed by atoms with Crippen molar-refractivity contribution in [2.24, 2.45) is 0 Å². The van der Waals surface area contributed by atoms with Gasteiger partial charge < -0.3 is 15.4 Å². The number of para-hydroxylation sites is 1. The Bertz CT molecular complexity index is 824. The first-order valence-electron chi connectivity index (χ1n) is 8.20. The Labute approximate surface area is 141 Å². The molecule has 2 aromatic carbocycles. The predicted molar refractivity (Wildman–Crippen MR) is 95.8 cm³/mol. The molecule has 0 spiro atoms. The molecule has 0 aliphatic carbocycles. The van der Waals surface area contributed by atoms with Crippen LogP contribution in [-0.4, -0.2) is 22.5 Å². The summed E-state index contributed by atoms with van der Waals surface area (Å²) in [6, 6.07) is 15.5. The van der Waals surface area contributed by atoms with E-state index in [1.807, 2.05) is 42.6 Å². The van der Waals surface area contributed by atoms with Crippen LogP contribution in [0.2, 0.25) is 0 Å². The number of carbonyl (C=O) groups excluding carboxylic acids is 1. The molecule has 1 atom stereocenters. The minimum Gasteiger partial charge on any atom is -0.388 e. The lowest BCUT2D eigenvalue weighted by Crippen LogP contribution is -2.27. The van der Waals surface area contributed by atoms with Crippen LogP contribution in [0.25, 0.3) is 10.9 Å². The van der Waals surface area contributed by atoms with Crippen LogP contribution < -0.4 is 5.32 Å². The van der Waals surface area contributed by atoms with Crippen LogP contribution >= 0.6 is 0 Å². The molecule has 1 unspecified atom stereocenters. The maximum Gasteiger partial charge on any atom is 0.222 e. The van der Waals surface area contributed by atoms with E-state index in [1.54, 1.807) is 0 Å². The Balaban J connectivity index is 1.52. The molecule has 3 rings (SSSR count). The molecule has 0 saturated carbocycles. The molecule has 1 amide bonds. The van der Waals surface area contributed by atoms with Gasteiger partial charge in [0.1, 0.15) is 0 Å². The number of aliphatic hydroxyl groups excluding tert-OH is 1. The molecule has 0 fully saturated rings. The van der Waals surface area contributed by atoms with Gasteiger partial charge in [0.25, 0.3) is 0 Å². The Hall–Kier alpha value is -2.59. The fourth-order valence-electron chi connectivity index (χ4n) is 2.95. The van der Waals surface area contributed by atoms with Crippen LogP contribution in [0.1, 0.15) is 29.2 Å². The maximum atomic E-state index is 12.0. The van der Waals surface area contributed by atoms with Crippen molar-refractivity contribution in [1.29, 1.82) is 0 Å². The van der Waals surface area contributed by atoms with Gasteiger partial charge in [0.2, 0.25) is 5.91 Å². The average molecular weight is 322 g/mol. The summed E-state index contributed by atoms with van der Waals surface area (Å²) < 4.78 is 0. The molecule has 0 radical (unpaired) electrons. The van der Waals surface area contributed by atoms with E-state index >= 15 is 0 Å². The molecule has 4 nitrogen and oxygen atoms in total. The van der Waals surface area contributed by atoms with Crippen molar-refractivity contribution >= 4 is 16.8 Å². The number of aromatic amines is 1. The summed E-state index contributed by atoms with van der Waals surface area (Å²) in [6.07, 6.45) is 2.08. The molecule has 3 N–H and O–H groups in total. The van der Waals surface area contributed by atoms with Crippen molar-refractivity contribution in [1.82, 2.24) is 10.3 Å². The van der Waals surface area contributed by atoms with Gasteiger partial charge in [0, 0.05) is 23.6 Å². The summed E-state index contributed by atoms with van der Waals surface area (Å²) in [7, 11) is 0. The average Bonchev–Trinajstić information content (AvgIpc) is 3.00. The van der Waals surface area contributed by atoms with Crippen LogP contribution in [0.15, 0.2) is 54.7 Å². The molecule has 3 aromatic rings. The Morgan fingerprint density at radius 1 is 1.17 bits per heavy atom. The standard InChI is InChI=1S/C20H22N2O2/c1-14-6-5-9-17-16(13-22-20(14)17)10-11-21-19(24)12-18(23)15-7-3-2-4-8-15/h2-9,13,18,22-23H,10-12H2,1H3,(H,21,24). The van der Waals surface area contributed by atoms with Gasteiger partial charge in [0.05, 0.1) is 12.5 Å². The molecule has 124 valence electrons. The summed E-state index contributed by atoms with van der Waals surface area (Å²) in [4.78, 5) is 15.3. The van der Waals surface area contributed by atoms with E-state index in [0.29, 0.717) is 6.54 Å². The molecule has 4 heteroatoms. The van der Waals surface area contributed by atoms with E-state index in [9.17, 15) is 9.90 Å². The van der Waals surface area contributed by atoms with E-state index in [2.05, 4.69) is 29.4 Å². The van der Waals surface area contributed by atoms with Crippen molar-refractivity contribution in [2.75, 3.05) is 6.54 Å². The zero-order chi connectivity index (χ0) is 16.9. The second kappa shape index (κ2) is 7.32. The maximum absolute atomic E-state index is 12.0. The normalized spacial score (nSPS) is 12.2. The highest BCUT2D eigenvalue weighted by atomic mass is 16.3. The minimum absolute atomic E-state index is 0.0804. The van der Waals surface area contributed by atoms with E-state index in [1.165, 1.54) is 16.5 Å². The molecule has 24 heavy (non-hydrogen) atoms. The molecule has 0 bridgehead atoms. The molecule has 0 aliphatic heterocycles. The number of fused-ring (bicyclic) bond motifs is 1. The van der Waals surface area contributed by atoms with Crippen molar-refractivity contribution in [3.8, 4) is 0 Å². The fourth-order valence-corrected chi connectivity index (χ4v) is 2.95. The first kappa shape index (κ1) is 16.3. The first-order chi connectivity index (χ1) is 11.6. The van der Waals surface area contributed by atoms with Crippen LogP contribution in [-0.2, 0) is 11.2 Å². The molecule has 0 aliphatic rings. The van der Waals surface area contributed by atoms with Crippen LogP contribution in [0.3, 0.4) is 0 Å². The number of rotatable bonds is 6. The van der Waals surface area contributed by atoms with Gasteiger partial charge in [-0.25, -0.2) is 0 Å². The number of aryl methyl sites for hydroxylation is 1. The number of hydrogen-bond acceptors (Lipinski definition) is 2. The van der Waals surface area contributed by atoms with Gasteiger partial charge in [-0.15, -0.1) is 0 Å². The Morgan fingerprint density at radius 2 is 1.96 bits per heavy atom. The molecular formula is C20H22N2O2. The predicted octanol–water partition coefficient (Wildman–Crippen LogP) is 3.26. The van der Waals surface area contributed by atoms with Crippen LogP contribution in [0.5, 0.6) is 0 Å². The summed E-state index contributed by atoms with van der Waals surface area (Å²) in [5.74, 6) is -0.137. The number of hydrogen-bond donors (Lipinski definition) is 3. The number of aromatic nitrogens is 1. The van der Waals surface area contributed by atoms with E-state index in [-0.39, 0.29) is 12.3 Å². The van der Waals surface area contributed by atoms with Gasteiger partial charge >= 0.3 is 0 Å². The van der Waals surface area contributed by atoms with Gasteiger partial charge in [-0.2, -0.15) is 0 Å². The highest BCUT2D eigenvalue weighted by Gasteiger charge is 2.12. The smallest absolute Gasteiger partial charge is 0.222 e. The van der Waals surface area contributed by atoms with Crippen molar-refractivity contribution in [2.45, 2.75) is 25.9 Å². The van der Waals surface area contributed by atoms with E-state index < -0.39 is 6.10 Å². The van der Waals surface area contributed by atoms with Crippen molar-refractivity contribution < 1.29 is 9.90 Å². The molecular weight excluding hydrogens is 300 g/mol. The second-order valence-electron chi connectivity index (χ2n) is 6.04. The minimum atomic E-state index is -0.762. The lowest BCUT2D eigenvalue weighted by atomic mass is 10.1. The highest BCUT2D eigenvalue weighted by Crippen LogP contribution is 2.21. The third-order valence-corrected chi connectivity index (χ3v) is 4.29. The van der Waals surface area contributed by atoms with Crippen molar-refractivity contribution in [3.63, 3.8) is 0 Å². The van der Waals surface area contributed by atoms with Crippen molar-refractivity contribution in [3.05, 3.63) is 71.4 Å². The molecule has 1 aromatic heterocycles. The first-order valence-corrected chi connectivity index (χ1v) is 8.20. The Kier molecular flexibility index (Phi) is 4.96. The topological polar surface area (TPSA) is 65.1 Å². The highest BCUT2D eigenvalue weighted by molar-refractivity contribution is 5.86. The number of nitrogens with one attached hydrogen (secondary N) is 2. The summed E-state index contributed by atoms with van der Waals surface area (Å²) >= 11 is 0. The van der Waals surface area contributed by atoms with Gasteiger partial charge in [-0.05, 0) is 30.0 Å². The van der Waals surface area contributed by atoms with Gasteiger partial charge in [-0.1, -0.05) is 48.5 Å². The summed E-state index contributed by atoms with van der Waals surface area (Å²) in [5.41, 5.74) is 4.32. The number of amides is 1. The van der Waals surface area contributed by atoms with Gasteiger partial charge in [0.15, 0.2) is 0 Å². The zero-order valence-corrected chi connectivity index (χ0v) is 13.8. The van der Waals surface area contributed by atoms with Crippen LogP contribution in [0.4, 0.5) is 0 Å². The lowest BCUT2D eigenvalue weighted by Gasteiger charge is -2.11. The monoisotopic (exact) mass is 322 g/mol. The summed E-state index contributed by atoms with van der Waals surface area (Å²) in [6.45, 7) is 2.64. The molecule has 0 saturated heterocycles. The SMILES string of the molecule is Cc1cccc2c(CCNC(=O)CC(O)c3ccccc3)c[nH]c12. The zero-order valence-electron chi connectivity index (χ0n) is 13.8. The number of benzene rings is 2. The summed E-state index contributed by atoms with van der Waals surface area (Å²) in [5, 5.41) is 14.2. The lowest BCUT2D eigenvalue weighted by molar-refractivity contribution is -0.123. The second-order valence-corrected chi connectivity index (χ2v) is 6.04. The Morgan fingerprint density at radius 3 is 2.75 bits per heavy atom. The molecule has 1 heterocycles. The van der Waals surface area contributed by atoms with E-state index in [4.69, 9.17) is 0 Å². The quantitative estimate of drug-likeness (QED) is 0.652. The fraction of sp³-hybridized carbons (Fsp3) is 0.250. The number of aliphatic hydroxyl groups is 1. The third-order valence-electron chi connectivity index (χ3n) is 4.29. The number of carbonyl (C=O) groups is 1.